The highest BCUT2D eigenvalue weighted by atomic mass is 32.2. The van der Waals surface area contributed by atoms with Crippen molar-refractivity contribution in [2.45, 2.75) is 44.6 Å². The first-order valence-corrected chi connectivity index (χ1v) is 9.25. The SMILES string of the molecule is CCC(=O)Nc1ccc(S(=O)(=O)NC(C)Cc2ccco2)c(C)c1. The lowest BCUT2D eigenvalue weighted by molar-refractivity contribution is -0.115. The Bertz CT molecular complexity index is 798. The number of carbonyl (C=O) groups excluding carboxylic acids is 1. The highest BCUT2D eigenvalue weighted by Crippen LogP contribution is 2.20. The Balaban J connectivity index is 2.12. The van der Waals surface area contributed by atoms with Gasteiger partial charge in [0.05, 0.1) is 11.2 Å². The predicted molar refractivity (Wildman–Crippen MR) is 92.3 cm³/mol. The van der Waals surface area contributed by atoms with Crippen LogP contribution in [0.1, 0.15) is 31.6 Å². The summed E-state index contributed by atoms with van der Waals surface area (Å²) in [6.07, 6.45) is 2.39. The van der Waals surface area contributed by atoms with E-state index in [4.69, 9.17) is 4.42 Å². The minimum Gasteiger partial charge on any atom is -0.469 e. The van der Waals surface area contributed by atoms with Gasteiger partial charge in [0.1, 0.15) is 5.76 Å². The lowest BCUT2D eigenvalue weighted by atomic mass is 10.2. The predicted octanol–water partition coefficient (Wildman–Crippen LogP) is 2.85. The third-order valence-corrected chi connectivity index (χ3v) is 5.26. The first kappa shape index (κ1) is 18.2. The molecule has 1 amide bonds. The number of sulfonamides is 1. The Labute approximate surface area is 142 Å². The van der Waals surface area contributed by atoms with E-state index in [0.29, 0.717) is 24.1 Å². The topological polar surface area (TPSA) is 88.4 Å². The second-order valence-electron chi connectivity index (χ2n) is 5.69. The second kappa shape index (κ2) is 7.63. The molecular formula is C17H22N2O4S. The van der Waals surface area contributed by atoms with Crippen molar-refractivity contribution in [3.8, 4) is 0 Å². The number of nitrogens with one attached hydrogen (secondary N) is 2. The molecule has 1 aromatic carbocycles. The van der Waals surface area contributed by atoms with Gasteiger partial charge >= 0.3 is 0 Å². The van der Waals surface area contributed by atoms with Gasteiger partial charge in [-0.1, -0.05) is 6.92 Å². The summed E-state index contributed by atoms with van der Waals surface area (Å²) in [4.78, 5) is 11.6. The Morgan fingerprint density at radius 1 is 1.29 bits per heavy atom. The van der Waals surface area contributed by atoms with Crippen LogP contribution in [0, 0.1) is 6.92 Å². The maximum Gasteiger partial charge on any atom is 0.241 e. The number of amides is 1. The van der Waals surface area contributed by atoms with Gasteiger partial charge < -0.3 is 9.73 Å². The van der Waals surface area contributed by atoms with Crippen LogP contribution in [0.4, 0.5) is 5.69 Å². The Hall–Kier alpha value is -2.12. The fraction of sp³-hybridized carbons (Fsp3) is 0.353. The summed E-state index contributed by atoms with van der Waals surface area (Å²) in [7, 11) is -3.65. The van der Waals surface area contributed by atoms with E-state index in [0.717, 1.165) is 5.76 Å². The van der Waals surface area contributed by atoms with Crippen molar-refractivity contribution in [2.75, 3.05) is 5.32 Å². The van der Waals surface area contributed by atoms with Gasteiger partial charge in [-0.2, -0.15) is 0 Å². The van der Waals surface area contributed by atoms with E-state index in [9.17, 15) is 13.2 Å². The molecule has 0 aliphatic heterocycles. The Morgan fingerprint density at radius 2 is 2.04 bits per heavy atom. The van der Waals surface area contributed by atoms with Crippen LogP contribution < -0.4 is 10.0 Å². The molecule has 24 heavy (non-hydrogen) atoms. The lowest BCUT2D eigenvalue weighted by Crippen LogP contribution is -2.34. The molecule has 2 N–H and O–H groups in total. The molecule has 0 bridgehead atoms. The van der Waals surface area contributed by atoms with E-state index in [-0.39, 0.29) is 16.8 Å². The number of carbonyl (C=O) groups is 1. The summed E-state index contributed by atoms with van der Waals surface area (Å²) in [6, 6.07) is 8.01. The second-order valence-corrected chi connectivity index (χ2v) is 7.37. The van der Waals surface area contributed by atoms with Gasteiger partial charge in [-0.3, -0.25) is 4.79 Å². The van der Waals surface area contributed by atoms with E-state index >= 15 is 0 Å². The summed E-state index contributed by atoms with van der Waals surface area (Å²) in [5.74, 6) is 0.606. The number of hydrogen-bond donors (Lipinski definition) is 2. The lowest BCUT2D eigenvalue weighted by Gasteiger charge is -2.15. The molecular weight excluding hydrogens is 328 g/mol. The number of aryl methyl sites for hydroxylation is 1. The minimum absolute atomic E-state index is 0.116. The fourth-order valence-corrected chi connectivity index (χ4v) is 3.85. The average Bonchev–Trinajstić information content (AvgIpc) is 2.98. The van der Waals surface area contributed by atoms with Crippen LogP contribution in [-0.4, -0.2) is 20.4 Å². The van der Waals surface area contributed by atoms with Crippen molar-refractivity contribution in [1.29, 1.82) is 0 Å². The van der Waals surface area contributed by atoms with Gasteiger partial charge in [-0.05, 0) is 49.7 Å². The van der Waals surface area contributed by atoms with Gasteiger partial charge in [0.25, 0.3) is 0 Å². The molecule has 1 unspecified atom stereocenters. The van der Waals surface area contributed by atoms with Crippen molar-refractivity contribution < 1.29 is 17.6 Å². The average molecular weight is 350 g/mol. The number of rotatable bonds is 7. The zero-order valence-corrected chi connectivity index (χ0v) is 14.8. The number of hydrogen-bond acceptors (Lipinski definition) is 4. The first-order valence-electron chi connectivity index (χ1n) is 7.77. The van der Waals surface area contributed by atoms with Crippen LogP contribution >= 0.6 is 0 Å². The van der Waals surface area contributed by atoms with E-state index in [1.165, 1.54) is 6.07 Å². The molecule has 130 valence electrons. The highest BCUT2D eigenvalue weighted by Gasteiger charge is 2.20. The van der Waals surface area contributed by atoms with Crippen LogP contribution in [0.5, 0.6) is 0 Å². The van der Waals surface area contributed by atoms with Crippen molar-refractivity contribution in [3.05, 3.63) is 47.9 Å². The quantitative estimate of drug-likeness (QED) is 0.804. The maximum atomic E-state index is 12.6. The van der Waals surface area contributed by atoms with Crippen molar-refractivity contribution in [3.63, 3.8) is 0 Å². The molecule has 6 nitrogen and oxygen atoms in total. The van der Waals surface area contributed by atoms with E-state index < -0.39 is 10.0 Å². The third kappa shape index (κ3) is 4.69. The van der Waals surface area contributed by atoms with Crippen LogP contribution in [0.2, 0.25) is 0 Å². The largest absolute Gasteiger partial charge is 0.469 e. The standard InChI is InChI=1S/C17H22N2O4S/c1-4-17(20)18-14-7-8-16(12(2)10-14)24(21,22)19-13(3)11-15-6-5-9-23-15/h5-10,13,19H,4,11H2,1-3H3,(H,18,20). The fourth-order valence-electron chi connectivity index (χ4n) is 2.38. The molecule has 0 saturated carbocycles. The molecule has 7 heteroatoms. The highest BCUT2D eigenvalue weighted by molar-refractivity contribution is 7.89. The van der Waals surface area contributed by atoms with Crippen LogP contribution in [0.15, 0.2) is 45.9 Å². The third-order valence-electron chi connectivity index (χ3n) is 3.51. The molecule has 1 atom stereocenters. The molecule has 0 saturated heterocycles. The summed E-state index contributed by atoms with van der Waals surface area (Å²) in [5, 5.41) is 2.72. The normalized spacial score (nSPS) is 12.8. The summed E-state index contributed by atoms with van der Waals surface area (Å²) >= 11 is 0. The first-order chi connectivity index (χ1) is 11.3. The zero-order chi connectivity index (χ0) is 17.7. The molecule has 0 spiro atoms. The Kier molecular flexibility index (Phi) is 5.80. The van der Waals surface area contributed by atoms with Crippen LogP contribution in [0.25, 0.3) is 0 Å². The van der Waals surface area contributed by atoms with E-state index in [2.05, 4.69) is 10.0 Å². The van der Waals surface area contributed by atoms with Crippen molar-refractivity contribution in [1.82, 2.24) is 4.72 Å². The molecule has 2 rings (SSSR count). The summed E-state index contributed by atoms with van der Waals surface area (Å²) in [6.45, 7) is 5.24. The van der Waals surface area contributed by atoms with Crippen LogP contribution in [0.3, 0.4) is 0 Å². The summed E-state index contributed by atoms with van der Waals surface area (Å²) < 4.78 is 33.0. The minimum atomic E-state index is -3.65. The summed E-state index contributed by atoms with van der Waals surface area (Å²) in [5.41, 5.74) is 1.16. The van der Waals surface area contributed by atoms with Crippen molar-refractivity contribution >= 4 is 21.6 Å². The van der Waals surface area contributed by atoms with Gasteiger partial charge in [0.2, 0.25) is 15.9 Å². The number of furan rings is 1. The molecule has 0 fully saturated rings. The smallest absolute Gasteiger partial charge is 0.241 e. The molecule has 0 aliphatic carbocycles. The Morgan fingerprint density at radius 3 is 2.62 bits per heavy atom. The van der Waals surface area contributed by atoms with E-state index in [1.807, 2.05) is 0 Å². The molecule has 0 radical (unpaired) electrons. The monoisotopic (exact) mass is 350 g/mol. The van der Waals surface area contributed by atoms with Gasteiger partial charge in [-0.15, -0.1) is 0 Å². The molecule has 1 aromatic heterocycles. The maximum absolute atomic E-state index is 12.6. The van der Waals surface area contributed by atoms with Gasteiger partial charge in [-0.25, -0.2) is 13.1 Å². The molecule has 0 aliphatic rings. The van der Waals surface area contributed by atoms with Gasteiger partial charge in [0, 0.05) is 24.6 Å². The number of benzene rings is 1. The van der Waals surface area contributed by atoms with Crippen LogP contribution in [-0.2, 0) is 21.2 Å². The van der Waals surface area contributed by atoms with Crippen molar-refractivity contribution in [2.24, 2.45) is 0 Å². The van der Waals surface area contributed by atoms with Gasteiger partial charge in [0.15, 0.2) is 0 Å². The molecule has 1 heterocycles. The van der Waals surface area contributed by atoms with E-state index in [1.54, 1.807) is 51.3 Å². The number of anilines is 1. The molecule has 2 aromatic rings. The zero-order valence-electron chi connectivity index (χ0n) is 14.0.